The SMILES string of the molecule is COC(=O)c1cc(Cl)ccc1Cc1ccnc2c1ccn2Cc1ccccc1. The number of aromatic nitrogens is 2. The number of hydrogen-bond donors (Lipinski definition) is 0. The molecule has 0 saturated heterocycles. The van der Waals surface area contributed by atoms with Gasteiger partial charge in [-0.25, -0.2) is 9.78 Å². The van der Waals surface area contributed by atoms with Crippen LogP contribution in [0.15, 0.2) is 73.1 Å². The van der Waals surface area contributed by atoms with Gasteiger partial charge in [-0.05, 0) is 47.4 Å². The number of hydrogen-bond acceptors (Lipinski definition) is 3. The third-order valence-electron chi connectivity index (χ3n) is 4.81. The van der Waals surface area contributed by atoms with Crippen molar-refractivity contribution in [1.29, 1.82) is 0 Å². The molecule has 0 aliphatic carbocycles. The molecule has 0 amide bonds. The second-order valence-electron chi connectivity index (χ2n) is 6.61. The van der Waals surface area contributed by atoms with Crippen LogP contribution < -0.4 is 0 Å². The Balaban J connectivity index is 1.70. The zero-order valence-electron chi connectivity index (χ0n) is 15.4. The highest BCUT2D eigenvalue weighted by Gasteiger charge is 2.15. The molecule has 5 heteroatoms. The minimum absolute atomic E-state index is 0.385. The van der Waals surface area contributed by atoms with Crippen molar-refractivity contribution >= 4 is 28.6 Å². The molecule has 28 heavy (non-hydrogen) atoms. The minimum Gasteiger partial charge on any atom is -0.465 e. The lowest BCUT2D eigenvalue weighted by Gasteiger charge is -2.10. The summed E-state index contributed by atoms with van der Waals surface area (Å²) in [5.41, 5.74) is 4.61. The lowest BCUT2D eigenvalue weighted by Crippen LogP contribution is -2.06. The first-order valence-electron chi connectivity index (χ1n) is 8.99. The van der Waals surface area contributed by atoms with E-state index in [0.29, 0.717) is 17.0 Å². The molecule has 4 nitrogen and oxygen atoms in total. The van der Waals surface area contributed by atoms with Crippen LogP contribution >= 0.6 is 11.6 Å². The summed E-state index contributed by atoms with van der Waals surface area (Å²) >= 11 is 6.08. The first-order valence-corrected chi connectivity index (χ1v) is 9.37. The summed E-state index contributed by atoms with van der Waals surface area (Å²) < 4.78 is 7.05. The molecule has 2 aromatic carbocycles. The minimum atomic E-state index is -0.385. The van der Waals surface area contributed by atoms with Gasteiger partial charge in [-0.15, -0.1) is 0 Å². The van der Waals surface area contributed by atoms with E-state index in [1.165, 1.54) is 12.7 Å². The predicted molar refractivity (Wildman–Crippen MR) is 111 cm³/mol. The van der Waals surface area contributed by atoms with Crippen LogP contribution in [-0.2, 0) is 17.7 Å². The average Bonchev–Trinajstić information content (AvgIpc) is 3.13. The highest BCUT2D eigenvalue weighted by molar-refractivity contribution is 6.31. The van der Waals surface area contributed by atoms with Crippen LogP contribution in [0.25, 0.3) is 11.0 Å². The van der Waals surface area contributed by atoms with Gasteiger partial charge in [0.1, 0.15) is 5.65 Å². The number of fused-ring (bicyclic) bond motifs is 1. The van der Waals surface area contributed by atoms with E-state index in [-0.39, 0.29) is 5.97 Å². The molecular weight excluding hydrogens is 372 g/mol. The van der Waals surface area contributed by atoms with Crippen LogP contribution in [0.4, 0.5) is 0 Å². The van der Waals surface area contributed by atoms with Crippen LogP contribution in [-0.4, -0.2) is 22.6 Å². The summed E-state index contributed by atoms with van der Waals surface area (Å²) in [6.45, 7) is 0.759. The molecule has 0 saturated carbocycles. The molecule has 140 valence electrons. The zero-order chi connectivity index (χ0) is 19.5. The summed E-state index contributed by atoms with van der Waals surface area (Å²) in [4.78, 5) is 16.7. The van der Waals surface area contributed by atoms with Crippen molar-refractivity contribution in [2.45, 2.75) is 13.0 Å². The molecule has 0 atom stereocenters. The van der Waals surface area contributed by atoms with E-state index in [0.717, 1.165) is 28.7 Å². The fraction of sp³-hybridized carbons (Fsp3) is 0.130. The lowest BCUT2D eigenvalue weighted by atomic mass is 9.98. The van der Waals surface area contributed by atoms with Crippen molar-refractivity contribution in [3.8, 4) is 0 Å². The topological polar surface area (TPSA) is 44.1 Å². The van der Waals surface area contributed by atoms with Crippen molar-refractivity contribution in [2.75, 3.05) is 7.11 Å². The van der Waals surface area contributed by atoms with Gasteiger partial charge in [0, 0.05) is 29.3 Å². The maximum Gasteiger partial charge on any atom is 0.338 e. The summed E-state index contributed by atoms with van der Waals surface area (Å²) in [6, 6.07) is 19.7. The van der Waals surface area contributed by atoms with E-state index in [2.05, 4.69) is 33.9 Å². The third kappa shape index (κ3) is 3.64. The van der Waals surface area contributed by atoms with E-state index in [1.807, 2.05) is 36.5 Å². The van der Waals surface area contributed by atoms with Gasteiger partial charge in [-0.3, -0.25) is 0 Å². The van der Waals surface area contributed by atoms with Crippen LogP contribution in [0.1, 0.15) is 27.0 Å². The number of halogens is 1. The summed E-state index contributed by atoms with van der Waals surface area (Å²) in [5.74, 6) is -0.385. The molecule has 4 aromatic rings. The molecule has 2 aromatic heterocycles. The Morgan fingerprint density at radius 1 is 1.07 bits per heavy atom. The van der Waals surface area contributed by atoms with Crippen molar-refractivity contribution in [3.63, 3.8) is 0 Å². The van der Waals surface area contributed by atoms with Crippen LogP contribution in [0, 0.1) is 0 Å². The predicted octanol–water partition coefficient (Wildman–Crippen LogP) is 5.12. The van der Waals surface area contributed by atoms with Gasteiger partial charge in [0.25, 0.3) is 0 Å². The zero-order valence-corrected chi connectivity index (χ0v) is 16.2. The number of carbonyl (C=O) groups is 1. The molecule has 0 radical (unpaired) electrons. The highest BCUT2D eigenvalue weighted by Crippen LogP contribution is 2.25. The van der Waals surface area contributed by atoms with Gasteiger partial charge in [-0.1, -0.05) is 48.0 Å². The number of methoxy groups -OCH3 is 1. The van der Waals surface area contributed by atoms with Crippen molar-refractivity contribution in [3.05, 3.63) is 100 Å². The van der Waals surface area contributed by atoms with Crippen molar-refractivity contribution < 1.29 is 9.53 Å². The van der Waals surface area contributed by atoms with Crippen LogP contribution in [0.2, 0.25) is 5.02 Å². The van der Waals surface area contributed by atoms with E-state index >= 15 is 0 Å². The number of ether oxygens (including phenoxy) is 1. The van der Waals surface area contributed by atoms with Gasteiger partial charge >= 0.3 is 5.97 Å². The molecule has 0 bridgehead atoms. The average molecular weight is 391 g/mol. The molecule has 0 unspecified atom stereocenters. The number of nitrogens with zero attached hydrogens (tertiary/aromatic N) is 2. The summed E-state index contributed by atoms with van der Waals surface area (Å²) in [5, 5.41) is 1.59. The number of benzene rings is 2. The van der Waals surface area contributed by atoms with E-state index in [4.69, 9.17) is 16.3 Å². The molecule has 0 fully saturated rings. The fourth-order valence-corrected chi connectivity index (χ4v) is 3.59. The Morgan fingerprint density at radius 2 is 1.89 bits per heavy atom. The maximum atomic E-state index is 12.2. The van der Waals surface area contributed by atoms with E-state index < -0.39 is 0 Å². The van der Waals surface area contributed by atoms with Gasteiger partial charge in [-0.2, -0.15) is 0 Å². The monoisotopic (exact) mass is 390 g/mol. The molecule has 0 N–H and O–H groups in total. The normalized spacial score (nSPS) is 10.9. The smallest absolute Gasteiger partial charge is 0.338 e. The standard InChI is InChI=1S/C23H19ClN2O2/c1-28-23(27)21-14-19(24)8-7-17(21)13-18-9-11-25-22-20(18)10-12-26(22)15-16-5-3-2-4-6-16/h2-12,14H,13,15H2,1H3. The maximum absolute atomic E-state index is 12.2. The van der Waals surface area contributed by atoms with Crippen molar-refractivity contribution in [1.82, 2.24) is 9.55 Å². The molecule has 4 rings (SSSR count). The van der Waals surface area contributed by atoms with Crippen LogP contribution in [0.3, 0.4) is 0 Å². The van der Waals surface area contributed by atoms with E-state index in [1.54, 1.807) is 12.1 Å². The quantitative estimate of drug-likeness (QED) is 0.444. The Kier molecular flexibility index (Phi) is 5.13. The molecule has 0 spiro atoms. The Morgan fingerprint density at radius 3 is 2.68 bits per heavy atom. The number of esters is 1. The van der Waals surface area contributed by atoms with Crippen LogP contribution in [0.5, 0.6) is 0 Å². The summed E-state index contributed by atoms with van der Waals surface area (Å²) in [6.07, 6.45) is 4.46. The van der Waals surface area contributed by atoms with Gasteiger partial charge < -0.3 is 9.30 Å². The number of carbonyl (C=O) groups excluding carboxylic acids is 1. The van der Waals surface area contributed by atoms with E-state index in [9.17, 15) is 4.79 Å². The number of pyridine rings is 1. The highest BCUT2D eigenvalue weighted by atomic mass is 35.5. The fourth-order valence-electron chi connectivity index (χ4n) is 3.42. The molecule has 2 heterocycles. The first-order chi connectivity index (χ1) is 13.7. The molecule has 0 aliphatic heterocycles. The Hall–Kier alpha value is -3.11. The molecule has 0 aliphatic rings. The summed E-state index contributed by atoms with van der Waals surface area (Å²) in [7, 11) is 1.38. The second-order valence-corrected chi connectivity index (χ2v) is 7.04. The lowest BCUT2D eigenvalue weighted by molar-refractivity contribution is 0.0599. The van der Waals surface area contributed by atoms with Crippen molar-refractivity contribution in [2.24, 2.45) is 0 Å². The second kappa shape index (κ2) is 7.87. The van der Waals surface area contributed by atoms with Gasteiger partial charge in [0.2, 0.25) is 0 Å². The van der Waals surface area contributed by atoms with Gasteiger partial charge in [0.05, 0.1) is 12.7 Å². The number of rotatable bonds is 5. The first kappa shape index (κ1) is 18.3. The third-order valence-corrected chi connectivity index (χ3v) is 5.04. The molecular formula is C23H19ClN2O2. The Bertz CT molecular complexity index is 1140. The largest absolute Gasteiger partial charge is 0.465 e. The van der Waals surface area contributed by atoms with Gasteiger partial charge in [0.15, 0.2) is 0 Å². The Labute approximate surface area is 168 Å².